The van der Waals surface area contributed by atoms with Crippen LogP contribution >= 0.6 is 0 Å². The molecule has 0 N–H and O–H groups in total. The molecule has 0 aromatic heterocycles. The minimum absolute atomic E-state index is 0.229. The van der Waals surface area contributed by atoms with E-state index in [0.29, 0.717) is 34.1 Å². The zero-order valence-corrected chi connectivity index (χ0v) is 13.5. The van der Waals surface area contributed by atoms with Gasteiger partial charge in [0.1, 0.15) is 25.8 Å². The van der Waals surface area contributed by atoms with Crippen molar-refractivity contribution in [2.75, 3.05) is 27.4 Å². The fourth-order valence-electron chi connectivity index (χ4n) is 2.06. The predicted molar refractivity (Wildman–Crippen MR) is 87.8 cm³/mol. The molecule has 0 spiro atoms. The molecular weight excluding hydrogens is 312 g/mol. The molecule has 6 heteroatoms. The van der Waals surface area contributed by atoms with Crippen LogP contribution in [0.1, 0.15) is 20.7 Å². The lowest BCUT2D eigenvalue weighted by atomic mass is 10.2. The third-order valence-electron chi connectivity index (χ3n) is 3.25. The lowest BCUT2D eigenvalue weighted by Gasteiger charge is -2.13. The van der Waals surface area contributed by atoms with E-state index < -0.39 is 0 Å². The number of aldehydes is 2. The Bertz CT molecular complexity index is 649. The normalized spacial score (nSPS) is 9.92. The summed E-state index contributed by atoms with van der Waals surface area (Å²) in [5.41, 5.74) is 0.985. The van der Waals surface area contributed by atoms with Gasteiger partial charge in [-0.3, -0.25) is 9.59 Å². The van der Waals surface area contributed by atoms with Gasteiger partial charge in [0.25, 0.3) is 0 Å². The molecule has 2 aromatic rings. The van der Waals surface area contributed by atoms with Crippen molar-refractivity contribution >= 4 is 12.6 Å². The van der Waals surface area contributed by atoms with E-state index in [9.17, 15) is 9.59 Å². The molecule has 0 heterocycles. The van der Waals surface area contributed by atoms with Crippen molar-refractivity contribution in [1.29, 1.82) is 0 Å². The van der Waals surface area contributed by atoms with Gasteiger partial charge >= 0.3 is 0 Å². The van der Waals surface area contributed by atoms with E-state index in [0.717, 1.165) is 12.6 Å². The average molecular weight is 330 g/mol. The van der Waals surface area contributed by atoms with Gasteiger partial charge in [0.15, 0.2) is 23.0 Å². The molecule has 0 bridgehead atoms. The van der Waals surface area contributed by atoms with Crippen LogP contribution in [-0.4, -0.2) is 40.0 Å². The van der Waals surface area contributed by atoms with Crippen molar-refractivity contribution in [2.45, 2.75) is 0 Å². The van der Waals surface area contributed by atoms with Crippen molar-refractivity contribution in [1.82, 2.24) is 0 Å². The standard InChI is InChI=1S/C18H18O6/c1-21-15-5-3-13(11-19)9-17(15)23-7-8-24-18-10-14(12-20)4-6-16(18)22-2/h3-6,9-12H,7-8H2,1-2H3. The van der Waals surface area contributed by atoms with Crippen LogP contribution in [0.3, 0.4) is 0 Å². The first kappa shape index (κ1) is 17.3. The van der Waals surface area contributed by atoms with Crippen LogP contribution in [0, 0.1) is 0 Å². The van der Waals surface area contributed by atoms with Gasteiger partial charge in [-0.15, -0.1) is 0 Å². The highest BCUT2D eigenvalue weighted by Crippen LogP contribution is 2.29. The van der Waals surface area contributed by atoms with E-state index in [4.69, 9.17) is 18.9 Å². The number of rotatable bonds is 9. The first-order chi connectivity index (χ1) is 11.7. The molecule has 0 amide bonds. The van der Waals surface area contributed by atoms with Gasteiger partial charge < -0.3 is 18.9 Å². The maximum Gasteiger partial charge on any atom is 0.162 e. The molecule has 0 atom stereocenters. The Morgan fingerprint density at radius 3 is 1.46 bits per heavy atom. The number of ether oxygens (including phenoxy) is 4. The van der Waals surface area contributed by atoms with Crippen LogP contribution in [0.5, 0.6) is 23.0 Å². The molecule has 2 aromatic carbocycles. The topological polar surface area (TPSA) is 71.1 Å². The largest absolute Gasteiger partial charge is 0.493 e. The van der Waals surface area contributed by atoms with Gasteiger partial charge in [0.05, 0.1) is 14.2 Å². The van der Waals surface area contributed by atoms with Crippen LogP contribution in [0.2, 0.25) is 0 Å². The molecule has 0 unspecified atom stereocenters. The van der Waals surface area contributed by atoms with Crippen LogP contribution < -0.4 is 18.9 Å². The second-order valence-corrected chi connectivity index (χ2v) is 4.75. The summed E-state index contributed by atoms with van der Waals surface area (Å²) in [5.74, 6) is 1.97. The molecule has 0 aliphatic heterocycles. The predicted octanol–water partition coefficient (Wildman–Crippen LogP) is 2.79. The zero-order chi connectivity index (χ0) is 17.4. The van der Waals surface area contributed by atoms with Gasteiger partial charge in [0, 0.05) is 11.1 Å². The minimum Gasteiger partial charge on any atom is -0.493 e. The maximum atomic E-state index is 10.8. The van der Waals surface area contributed by atoms with E-state index >= 15 is 0 Å². The summed E-state index contributed by atoms with van der Waals surface area (Å²) in [6.45, 7) is 0.459. The van der Waals surface area contributed by atoms with Gasteiger partial charge in [0.2, 0.25) is 0 Å². The zero-order valence-electron chi connectivity index (χ0n) is 13.5. The molecule has 0 aliphatic rings. The van der Waals surface area contributed by atoms with Gasteiger partial charge in [-0.05, 0) is 36.4 Å². The monoisotopic (exact) mass is 330 g/mol. The fourth-order valence-corrected chi connectivity index (χ4v) is 2.06. The summed E-state index contributed by atoms with van der Waals surface area (Å²) in [6.07, 6.45) is 1.47. The molecule has 6 nitrogen and oxygen atoms in total. The quantitative estimate of drug-likeness (QED) is 0.520. The molecule has 0 fully saturated rings. The highest BCUT2D eigenvalue weighted by atomic mass is 16.5. The molecule has 0 aliphatic carbocycles. The second kappa shape index (κ2) is 8.57. The van der Waals surface area contributed by atoms with E-state index in [1.807, 2.05) is 0 Å². The molecule has 0 radical (unpaired) electrons. The molecule has 0 saturated heterocycles. The highest BCUT2D eigenvalue weighted by Gasteiger charge is 2.08. The van der Waals surface area contributed by atoms with Crippen molar-refractivity contribution in [2.24, 2.45) is 0 Å². The summed E-state index contributed by atoms with van der Waals surface area (Å²) in [6, 6.07) is 9.81. The van der Waals surface area contributed by atoms with E-state index in [1.165, 1.54) is 14.2 Å². The average Bonchev–Trinajstić information content (AvgIpc) is 2.64. The SMILES string of the molecule is COc1ccc(C=O)cc1OCCOc1cc(C=O)ccc1OC. The Labute approximate surface area is 139 Å². The summed E-state index contributed by atoms with van der Waals surface area (Å²) in [4.78, 5) is 21.7. The number of hydrogen-bond donors (Lipinski definition) is 0. The maximum absolute atomic E-state index is 10.8. The van der Waals surface area contributed by atoms with Gasteiger partial charge in [-0.2, -0.15) is 0 Å². The van der Waals surface area contributed by atoms with Crippen LogP contribution in [-0.2, 0) is 0 Å². The van der Waals surface area contributed by atoms with E-state index in [-0.39, 0.29) is 13.2 Å². The Hall–Kier alpha value is -3.02. The van der Waals surface area contributed by atoms with Crippen LogP contribution in [0.25, 0.3) is 0 Å². The number of methoxy groups -OCH3 is 2. The summed E-state index contributed by atoms with van der Waals surface area (Å²) >= 11 is 0. The minimum atomic E-state index is 0.229. The first-order valence-electron chi connectivity index (χ1n) is 7.24. The van der Waals surface area contributed by atoms with Crippen molar-refractivity contribution < 1.29 is 28.5 Å². The Kier molecular flexibility index (Phi) is 6.19. The lowest BCUT2D eigenvalue weighted by molar-refractivity contribution is 0.111. The number of hydrogen-bond acceptors (Lipinski definition) is 6. The highest BCUT2D eigenvalue weighted by molar-refractivity contribution is 5.77. The van der Waals surface area contributed by atoms with Gasteiger partial charge in [-0.25, -0.2) is 0 Å². The number of carbonyl (C=O) groups is 2. The first-order valence-corrected chi connectivity index (χ1v) is 7.24. The van der Waals surface area contributed by atoms with Crippen molar-refractivity contribution in [3.8, 4) is 23.0 Å². The summed E-state index contributed by atoms with van der Waals surface area (Å²) in [5, 5.41) is 0. The Morgan fingerprint density at radius 1 is 0.708 bits per heavy atom. The molecule has 126 valence electrons. The van der Waals surface area contributed by atoms with Crippen LogP contribution in [0.4, 0.5) is 0 Å². The smallest absolute Gasteiger partial charge is 0.162 e. The summed E-state index contributed by atoms with van der Waals surface area (Å²) in [7, 11) is 3.05. The number of benzene rings is 2. The van der Waals surface area contributed by atoms with Gasteiger partial charge in [-0.1, -0.05) is 0 Å². The fraction of sp³-hybridized carbons (Fsp3) is 0.222. The Morgan fingerprint density at radius 2 is 1.12 bits per heavy atom. The van der Waals surface area contributed by atoms with Crippen LogP contribution in [0.15, 0.2) is 36.4 Å². The molecule has 0 saturated carbocycles. The lowest BCUT2D eigenvalue weighted by Crippen LogP contribution is -2.10. The van der Waals surface area contributed by atoms with E-state index in [1.54, 1.807) is 36.4 Å². The Balaban J connectivity index is 1.98. The van der Waals surface area contributed by atoms with E-state index in [2.05, 4.69) is 0 Å². The second-order valence-electron chi connectivity index (χ2n) is 4.75. The molecule has 24 heavy (non-hydrogen) atoms. The molecular formula is C18H18O6. The molecule has 2 rings (SSSR count). The third-order valence-corrected chi connectivity index (χ3v) is 3.25. The summed E-state index contributed by atoms with van der Waals surface area (Å²) < 4.78 is 21.6. The third kappa shape index (κ3) is 4.25. The van der Waals surface area contributed by atoms with Crippen molar-refractivity contribution in [3.63, 3.8) is 0 Å². The number of carbonyl (C=O) groups excluding carboxylic acids is 2. The van der Waals surface area contributed by atoms with Crippen molar-refractivity contribution in [3.05, 3.63) is 47.5 Å².